The Balaban J connectivity index is 1.47. The van der Waals surface area contributed by atoms with Crippen molar-refractivity contribution in [2.24, 2.45) is 0 Å². The highest BCUT2D eigenvalue weighted by molar-refractivity contribution is 6.08. The Kier molecular flexibility index (Phi) is 5.17. The van der Waals surface area contributed by atoms with Crippen LogP contribution in [0.3, 0.4) is 0 Å². The zero-order valence-corrected chi connectivity index (χ0v) is 18.4. The van der Waals surface area contributed by atoms with Crippen molar-refractivity contribution in [3.63, 3.8) is 0 Å². The van der Waals surface area contributed by atoms with E-state index in [1.807, 2.05) is 67.1 Å². The van der Waals surface area contributed by atoms with Crippen molar-refractivity contribution in [2.45, 2.75) is 6.61 Å². The van der Waals surface area contributed by atoms with Crippen LogP contribution in [0.1, 0.15) is 5.56 Å². The maximum Gasteiger partial charge on any atom is 0.129 e. The van der Waals surface area contributed by atoms with Crippen molar-refractivity contribution in [3.05, 3.63) is 121 Å². The van der Waals surface area contributed by atoms with Crippen molar-refractivity contribution in [1.29, 1.82) is 0 Å². The summed E-state index contributed by atoms with van der Waals surface area (Å²) >= 11 is 0. The molecule has 0 aliphatic carbocycles. The molecule has 3 aromatic heterocycles. The number of aromatic nitrogens is 3. The Labute approximate surface area is 197 Å². The van der Waals surface area contributed by atoms with Crippen LogP contribution in [0.15, 0.2) is 116 Å². The van der Waals surface area contributed by atoms with Gasteiger partial charge in [0.05, 0.1) is 16.7 Å². The van der Waals surface area contributed by atoms with Gasteiger partial charge in [0, 0.05) is 34.9 Å². The molecule has 0 saturated heterocycles. The summed E-state index contributed by atoms with van der Waals surface area (Å²) in [7, 11) is 0. The first kappa shape index (κ1) is 20.1. The second-order valence-corrected chi connectivity index (χ2v) is 8.10. The number of fused-ring (bicyclic) bond motifs is 3. The Hall–Kier alpha value is -4.57. The lowest BCUT2D eigenvalue weighted by Crippen LogP contribution is -1.98. The molecule has 0 unspecified atom stereocenters. The molecule has 0 atom stereocenters. The molecule has 3 aromatic carbocycles. The average molecular weight is 440 g/mol. The van der Waals surface area contributed by atoms with E-state index < -0.39 is 0 Å². The highest BCUT2D eigenvalue weighted by Gasteiger charge is 2.13. The van der Waals surface area contributed by atoms with Crippen LogP contribution in [0.4, 0.5) is 0 Å². The SMILES string of the molecule is c1ccc(COc2ccc(-c3ccnc4c3ccc3cccnc34)cc2-c2ccccn2)cc1. The fourth-order valence-electron chi connectivity index (χ4n) is 4.29. The third kappa shape index (κ3) is 3.76. The maximum atomic E-state index is 6.25. The standard InChI is InChI=1S/C30H21N3O/c1-2-7-21(8-3-1)20-34-28-14-12-23(19-26(28)27-10-4-5-16-31-27)24-15-18-33-30-25(24)13-11-22-9-6-17-32-29(22)30/h1-19H,20H2. The lowest BCUT2D eigenvalue weighted by Gasteiger charge is -2.14. The molecule has 0 bridgehead atoms. The van der Waals surface area contributed by atoms with Crippen LogP contribution in [-0.4, -0.2) is 15.0 Å². The number of nitrogens with zero attached hydrogens (tertiary/aromatic N) is 3. The topological polar surface area (TPSA) is 47.9 Å². The molecule has 6 rings (SSSR count). The molecule has 4 nitrogen and oxygen atoms in total. The van der Waals surface area contributed by atoms with Crippen LogP contribution in [0.25, 0.3) is 44.2 Å². The van der Waals surface area contributed by atoms with Gasteiger partial charge >= 0.3 is 0 Å². The van der Waals surface area contributed by atoms with Gasteiger partial charge in [-0.1, -0.05) is 60.7 Å². The molecule has 0 fully saturated rings. The number of hydrogen-bond acceptors (Lipinski definition) is 4. The molecular weight excluding hydrogens is 418 g/mol. The van der Waals surface area contributed by atoms with E-state index in [0.29, 0.717) is 6.61 Å². The monoisotopic (exact) mass is 439 g/mol. The van der Waals surface area contributed by atoms with E-state index in [9.17, 15) is 0 Å². The molecular formula is C30H21N3O. The van der Waals surface area contributed by atoms with E-state index in [0.717, 1.165) is 55.5 Å². The molecule has 0 amide bonds. The lowest BCUT2D eigenvalue weighted by molar-refractivity contribution is 0.307. The quantitative estimate of drug-likeness (QED) is 0.269. The van der Waals surface area contributed by atoms with Gasteiger partial charge in [-0.15, -0.1) is 0 Å². The van der Waals surface area contributed by atoms with Crippen molar-refractivity contribution in [3.8, 4) is 28.1 Å². The summed E-state index contributed by atoms with van der Waals surface area (Å²) in [6.07, 6.45) is 5.48. The minimum atomic E-state index is 0.496. The van der Waals surface area contributed by atoms with E-state index in [2.05, 4.69) is 63.5 Å². The van der Waals surface area contributed by atoms with Gasteiger partial charge < -0.3 is 4.74 Å². The summed E-state index contributed by atoms with van der Waals surface area (Å²) in [6, 6.07) is 32.7. The smallest absolute Gasteiger partial charge is 0.129 e. The highest BCUT2D eigenvalue weighted by Crippen LogP contribution is 2.37. The Bertz CT molecular complexity index is 1600. The zero-order valence-electron chi connectivity index (χ0n) is 18.4. The molecule has 34 heavy (non-hydrogen) atoms. The van der Waals surface area contributed by atoms with Gasteiger partial charge in [-0.3, -0.25) is 15.0 Å². The van der Waals surface area contributed by atoms with Crippen LogP contribution >= 0.6 is 0 Å². The molecule has 6 aromatic rings. The van der Waals surface area contributed by atoms with Crippen molar-refractivity contribution >= 4 is 21.8 Å². The molecule has 3 heterocycles. The normalized spacial score (nSPS) is 11.1. The van der Waals surface area contributed by atoms with Crippen LogP contribution in [0.5, 0.6) is 5.75 Å². The van der Waals surface area contributed by atoms with E-state index in [-0.39, 0.29) is 0 Å². The molecule has 0 spiro atoms. The fourth-order valence-corrected chi connectivity index (χ4v) is 4.29. The summed E-state index contributed by atoms with van der Waals surface area (Å²) < 4.78 is 6.25. The van der Waals surface area contributed by atoms with Crippen molar-refractivity contribution < 1.29 is 4.74 Å². The first-order valence-electron chi connectivity index (χ1n) is 11.2. The van der Waals surface area contributed by atoms with Crippen molar-refractivity contribution in [2.75, 3.05) is 0 Å². The van der Waals surface area contributed by atoms with Gasteiger partial charge in [0.15, 0.2) is 0 Å². The minimum Gasteiger partial charge on any atom is -0.488 e. The van der Waals surface area contributed by atoms with Crippen LogP contribution in [0.2, 0.25) is 0 Å². The first-order chi connectivity index (χ1) is 16.9. The van der Waals surface area contributed by atoms with Gasteiger partial charge in [-0.25, -0.2) is 0 Å². The maximum absolute atomic E-state index is 6.25. The third-order valence-corrected chi connectivity index (χ3v) is 5.95. The van der Waals surface area contributed by atoms with E-state index in [4.69, 9.17) is 4.74 Å². The average Bonchev–Trinajstić information content (AvgIpc) is 2.92. The number of rotatable bonds is 5. The van der Waals surface area contributed by atoms with Gasteiger partial charge in [-0.05, 0) is 53.1 Å². The molecule has 0 N–H and O–H groups in total. The molecule has 0 aliphatic rings. The summed E-state index contributed by atoms with van der Waals surface area (Å²) in [5.74, 6) is 0.803. The molecule has 4 heteroatoms. The summed E-state index contributed by atoms with van der Waals surface area (Å²) in [5, 5.41) is 2.15. The van der Waals surface area contributed by atoms with Gasteiger partial charge in [-0.2, -0.15) is 0 Å². The Morgan fingerprint density at radius 1 is 0.588 bits per heavy atom. The largest absolute Gasteiger partial charge is 0.488 e. The third-order valence-electron chi connectivity index (χ3n) is 5.95. The second-order valence-electron chi connectivity index (χ2n) is 8.10. The molecule has 0 saturated carbocycles. The van der Waals surface area contributed by atoms with Gasteiger partial charge in [0.25, 0.3) is 0 Å². The molecule has 0 aliphatic heterocycles. The van der Waals surface area contributed by atoms with Crippen LogP contribution in [-0.2, 0) is 6.61 Å². The number of hydrogen-bond donors (Lipinski definition) is 0. The highest BCUT2D eigenvalue weighted by atomic mass is 16.5. The fraction of sp³-hybridized carbons (Fsp3) is 0.0333. The predicted octanol–water partition coefficient (Wildman–Crippen LogP) is 7.09. The van der Waals surface area contributed by atoms with Crippen LogP contribution in [0, 0.1) is 0 Å². The second kappa shape index (κ2) is 8.75. The van der Waals surface area contributed by atoms with Crippen LogP contribution < -0.4 is 4.74 Å². The van der Waals surface area contributed by atoms with Gasteiger partial charge in [0.1, 0.15) is 12.4 Å². The number of ether oxygens (including phenoxy) is 1. The molecule has 0 radical (unpaired) electrons. The Morgan fingerprint density at radius 2 is 1.44 bits per heavy atom. The first-order valence-corrected chi connectivity index (χ1v) is 11.2. The summed E-state index contributed by atoms with van der Waals surface area (Å²) in [4.78, 5) is 13.8. The minimum absolute atomic E-state index is 0.496. The van der Waals surface area contributed by atoms with E-state index >= 15 is 0 Å². The van der Waals surface area contributed by atoms with Gasteiger partial charge in [0.2, 0.25) is 0 Å². The van der Waals surface area contributed by atoms with Crippen molar-refractivity contribution in [1.82, 2.24) is 15.0 Å². The summed E-state index contributed by atoms with van der Waals surface area (Å²) in [6.45, 7) is 0.496. The zero-order chi connectivity index (χ0) is 22.7. The number of pyridine rings is 3. The summed E-state index contributed by atoms with van der Waals surface area (Å²) in [5.41, 5.74) is 6.95. The van der Waals surface area contributed by atoms with E-state index in [1.54, 1.807) is 0 Å². The lowest BCUT2D eigenvalue weighted by atomic mass is 9.97. The number of benzene rings is 3. The molecule has 162 valence electrons. The van der Waals surface area contributed by atoms with E-state index in [1.165, 1.54) is 0 Å². The predicted molar refractivity (Wildman–Crippen MR) is 136 cm³/mol. The Morgan fingerprint density at radius 3 is 2.32 bits per heavy atom.